The van der Waals surface area contributed by atoms with Gasteiger partial charge in [0.2, 0.25) is 5.91 Å². The first-order chi connectivity index (χ1) is 12.2. The molecule has 1 fully saturated rings. The van der Waals surface area contributed by atoms with Crippen molar-refractivity contribution in [1.29, 1.82) is 0 Å². The summed E-state index contributed by atoms with van der Waals surface area (Å²) in [6.45, 7) is 3.04. The molecule has 25 heavy (non-hydrogen) atoms. The fraction of sp³-hybridized carbons (Fsp3) is 0.350. The van der Waals surface area contributed by atoms with Crippen LogP contribution in [-0.4, -0.2) is 26.2 Å². The smallest absolute Gasteiger partial charge is 0.244 e. The molecule has 1 aromatic carbocycles. The molecular formula is C20H23NO4. The molecule has 5 nitrogen and oxygen atoms in total. The summed E-state index contributed by atoms with van der Waals surface area (Å²) >= 11 is 0. The van der Waals surface area contributed by atoms with Crippen molar-refractivity contribution >= 4 is 12.0 Å². The first kappa shape index (κ1) is 17.1. The molecule has 1 saturated carbocycles. The fourth-order valence-corrected chi connectivity index (χ4v) is 2.61. The second-order valence-electron chi connectivity index (χ2n) is 6.21. The van der Waals surface area contributed by atoms with Gasteiger partial charge in [-0.3, -0.25) is 4.79 Å². The van der Waals surface area contributed by atoms with Gasteiger partial charge in [0, 0.05) is 12.0 Å². The largest absolute Gasteiger partial charge is 0.497 e. The van der Waals surface area contributed by atoms with E-state index in [1.807, 2.05) is 36.4 Å². The second kappa shape index (κ2) is 7.92. The van der Waals surface area contributed by atoms with Crippen LogP contribution in [-0.2, 0) is 4.79 Å². The third kappa shape index (κ3) is 4.89. The minimum absolute atomic E-state index is 0.170. The van der Waals surface area contributed by atoms with E-state index >= 15 is 0 Å². The van der Waals surface area contributed by atoms with Crippen LogP contribution < -0.4 is 14.8 Å². The first-order valence-electron chi connectivity index (χ1n) is 8.48. The molecular weight excluding hydrogens is 318 g/mol. The van der Waals surface area contributed by atoms with Gasteiger partial charge in [0.05, 0.1) is 13.7 Å². The minimum Gasteiger partial charge on any atom is -0.497 e. The van der Waals surface area contributed by atoms with Gasteiger partial charge < -0.3 is 19.2 Å². The van der Waals surface area contributed by atoms with E-state index in [-0.39, 0.29) is 5.91 Å². The Morgan fingerprint density at radius 2 is 1.96 bits per heavy atom. The Labute approximate surface area is 147 Å². The molecule has 0 aliphatic heterocycles. The normalized spacial score (nSPS) is 19.0. The van der Waals surface area contributed by atoms with Gasteiger partial charge in [-0.15, -0.1) is 0 Å². The van der Waals surface area contributed by atoms with E-state index < -0.39 is 0 Å². The summed E-state index contributed by atoms with van der Waals surface area (Å²) in [5, 5.41) is 2.78. The van der Waals surface area contributed by atoms with Gasteiger partial charge >= 0.3 is 0 Å². The van der Waals surface area contributed by atoms with Crippen LogP contribution >= 0.6 is 0 Å². The van der Waals surface area contributed by atoms with Crippen LogP contribution in [0.3, 0.4) is 0 Å². The predicted molar refractivity (Wildman–Crippen MR) is 95.8 cm³/mol. The van der Waals surface area contributed by atoms with Crippen molar-refractivity contribution in [2.24, 2.45) is 5.92 Å². The average molecular weight is 341 g/mol. The van der Waals surface area contributed by atoms with Crippen molar-refractivity contribution in [3.05, 3.63) is 54.0 Å². The molecule has 132 valence electrons. The SMILES string of the molecule is COc1ccc(OCCNC(=O)/C=C/c2ccc([C@@H]3C[C@H]3C)o2)cc1. The molecule has 0 bridgehead atoms. The minimum atomic E-state index is -0.170. The van der Waals surface area contributed by atoms with Crippen molar-refractivity contribution < 1.29 is 18.7 Å². The highest BCUT2D eigenvalue weighted by Gasteiger charge is 2.36. The van der Waals surface area contributed by atoms with E-state index in [2.05, 4.69) is 12.2 Å². The van der Waals surface area contributed by atoms with Crippen LogP contribution in [0.2, 0.25) is 0 Å². The number of benzene rings is 1. The zero-order chi connectivity index (χ0) is 17.6. The van der Waals surface area contributed by atoms with Gasteiger partial charge in [-0.1, -0.05) is 6.92 Å². The number of ether oxygens (including phenoxy) is 2. The summed E-state index contributed by atoms with van der Waals surface area (Å²) in [7, 11) is 1.62. The lowest BCUT2D eigenvalue weighted by Crippen LogP contribution is -2.26. The topological polar surface area (TPSA) is 60.7 Å². The molecule has 2 aromatic rings. The van der Waals surface area contributed by atoms with Crippen LogP contribution in [0.5, 0.6) is 11.5 Å². The Morgan fingerprint density at radius 1 is 1.24 bits per heavy atom. The van der Waals surface area contributed by atoms with Crippen molar-refractivity contribution in [3.8, 4) is 11.5 Å². The number of carbonyl (C=O) groups is 1. The fourth-order valence-electron chi connectivity index (χ4n) is 2.61. The highest BCUT2D eigenvalue weighted by atomic mass is 16.5. The van der Waals surface area contributed by atoms with E-state index in [1.54, 1.807) is 13.2 Å². The first-order valence-corrected chi connectivity index (χ1v) is 8.48. The summed E-state index contributed by atoms with van der Waals surface area (Å²) in [4.78, 5) is 11.8. The number of carbonyl (C=O) groups excluding carboxylic acids is 1. The van der Waals surface area contributed by atoms with Crippen molar-refractivity contribution in [2.75, 3.05) is 20.3 Å². The maximum absolute atomic E-state index is 11.8. The van der Waals surface area contributed by atoms with Crippen LogP contribution in [0, 0.1) is 5.92 Å². The van der Waals surface area contributed by atoms with E-state index in [0.29, 0.717) is 30.7 Å². The van der Waals surface area contributed by atoms with Crippen LogP contribution in [0.15, 0.2) is 46.9 Å². The van der Waals surface area contributed by atoms with Gasteiger partial charge in [0.25, 0.3) is 0 Å². The molecule has 1 aliphatic carbocycles. The highest BCUT2D eigenvalue weighted by molar-refractivity contribution is 5.91. The third-order valence-electron chi connectivity index (χ3n) is 4.25. The Bertz CT molecular complexity index is 732. The zero-order valence-electron chi connectivity index (χ0n) is 14.5. The summed E-state index contributed by atoms with van der Waals surface area (Å²) in [5.74, 6) is 4.32. The van der Waals surface area contributed by atoms with Gasteiger partial charge in [0.1, 0.15) is 29.6 Å². The van der Waals surface area contributed by atoms with Gasteiger partial charge in [-0.05, 0) is 54.8 Å². The quantitative estimate of drug-likeness (QED) is 0.588. The van der Waals surface area contributed by atoms with E-state index in [1.165, 1.54) is 12.5 Å². The summed E-state index contributed by atoms with van der Waals surface area (Å²) in [6, 6.07) is 11.2. The zero-order valence-corrected chi connectivity index (χ0v) is 14.5. The van der Waals surface area contributed by atoms with Crippen LogP contribution in [0.25, 0.3) is 6.08 Å². The molecule has 1 heterocycles. The lowest BCUT2D eigenvalue weighted by molar-refractivity contribution is -0.116. The molecule has 3 rings (SSSR count). The predicted octanol–water partition coefficient (Wildman–Crippen LogP) is 3.62. The van der Waals surface area contributed by atoms with Crippen molar-refractivity contribution in [2.45, 2.75) is 19.3 Å². The highest BCUT2D eigenvalue weighted by Crippen LogP contribution is 2.47. The number of furan rings is 1. The maximum Gasteiger partial charge on any atom is 0.244 e. The average Bonchev–Trinajstić information content (AvgIpc) is 3.18. The number of nitrogens with one attached hydrogen (secondary N) is 1. The van der Waals surface area contributed by atoms with Gasteiger partial charge in [0.15, 0.2) is 0 Å². The molecule has 2 atom stereocenters. The Kier molecular flexibility index (Phi) is 5.43. The maximum atomic E-state index is 11.8. The second-order valence-corrected chi connectivity index (χ2v) is 6.21. The molecule has 0 spiro atoms. The van der Waals surface area contributed by atoms with Crippen LogP contribution in [0.1, 0.15) is 30.8 Å². The molecule has 0 radical (unpaired) electrons. The van der Waals surface area contributed by atoms with Crippen molar-refractivity contribution in [1.82, 2.24) is 5.32 Å². The van der Waals surface area contributed by atoms with Gasteiger partial charge in [-0.25, -0.2) is 0 Å². The van der Waals surface area contributed by atoms with Gasteiger partial charge in [-0.2, -0.15) is 0 Å². The number of methoxy groups -OCH3 is 1. The van der Waals surface area contributed by atoms with Crippen LogP contribution in [0.4, 0.5) is 0 Å². The van der Waals surface area contributed by atoms with E-state index in [9.17, 15) is 4.79 Å². The molecule has 1 amide bonds. The third-order valence-corrected chi connectivity index (χ3v) is 4.25. The number of amides is 1. The monoisotopic (exact) mass is 341 g/mol. The Balaban J connectivity index is 1.36. The standard InChI is InChI=1S/C20H23NO4/c1-14-13-18(14)19-9-7-17(25-19)8-10-20(22)21-11-12-24-16-5-3-15(23-2)4-6-16/h3-10,14,18H,11-13H2,1-2H3,(H,21,22)/b10-8+/t14-,18-/m1/s1. The molecule has 0 unspecified atom stereocenters. The molecule has 1 aromatic heterocycles. The van der Waals surface area contributed by atoms with Crippen molar-refractivity contribution in [3.63, 3.8) is 0 Å². The Morgan fingerprint density at radius 3 is 2.64 bits per heavy atom. The lowest BCUT2D eigenvalue weighted by atomic mass is 10.3. The summed E-state index contributed by atoms with van der Waals surface area (Å²) in [6.07, 6.45) is 4.36. The number of hydrogen-bond donors (Lipinski definition) is 1. The lowest BCUT2D eigenvalue weighted by Gasteiger charge is -2.07. The number of hydrogen-bond acceptors (Lipinski definition) is 4. The summed E-state index contributed by atoms with van der Waals surface area (Å²) in [5.41, 5.74) is 0. The van der Waals surface area contributed by atoms with E-state index in [0.717, 1.165) is 17.3 Å². The van der Waals surface area contributed by atoms with E-state index in [4.69, 9.17) is 13.9 Å². The summed E-state index contributed by atoms with van der Waals surface area (Å²) < 4.78 is 16.4. The Hall–Kier alpha value is -2.69. The molecule has 1 aliphatic rings. The molecule has 5 heteroatoms. The number of rotatable bonds is 8. The molecule has 1 N–H and O–H groups in total. The molecule has 0 saturated heterocycles.